The van der Waals surface area contributed by atoms with Crippen LogP contribution >= 0.6 is 0 Å². The number of hydrogen-bond donors (Lipinski definition) is 0. The fourth-order valence-corrected chi connectivity index (χ4v) is 5.49. The second kappa shape index (κ2) is 10.6. The Morgan fingerprint density at radius 3 is 2.65 bits per heavy atom. The van der Waals surface area contributed by atoms with Crippen LogP contribution in [-0.2, 0) is 18.4 Å². The molecule has 0 aliphatic carbocycles. The van der Waals surface area contributed by atoms with Crippen LogP contribution in [0.4, 0.5) is 0 Å². The highest BCUT2D eigenvalue weighted by Crippen LogP contribution is 2.37. The summed E-state index contributed by atoms with van der Waals surface area (Å²) in [5, 5.41) is 4.35. The van der Waals surface area contributed by atoms with E-state index in [1.807, 2.05) is 59.0 Å². The maximum Gasteiger partial charge on any atom is 0.257 e. The Morgan fingerprint density at radius 2 is 1.88 bits per heavy atom. The van der Waals surface area contributed by atoms with Gasteiger partial charge in [0, 0.05) is 58.0 Å². The van der Waals surface area contributed by atoms with E-state index in [1.54, 1.807) is 6.92 Å². The number of nitrogens with zero attached hydrogens (tertiary/aromatic N) is 5. The lowest BCUT2D eigenvalue weighted by Gasteiger charge is -2.42. The maximum absolute atomic E-state index is 13.5. The number of hydrogen-bond acceptors (Lipinski definition) is 5. The first kappa shape index (κ1) is 24.3. The number of aromatic nitrogens is 2. The third kappa shape index (κ3) is 5.43. The van der Waals surface area contributed by atoms with Gasteiger partial charge in [-0.25, -0.2) is 0 Å². The molecule has 184 valence electrons. The molecule has 1 fully saturated rings. The van der Waals surface area contributed by atoms with E-state index in [9.17, 15) is 9.59 Å². The van der Waals surface area contributed by atoms with Crippen molar-refractivity contribution < 1.29 is 14.3 Å². The highest BCUT2D eigenvalue weighted by atomic mass is 16.5. The molecule has 1 atom stereocenters. The van der Waals surface area contributed by atoms with Crippen LogP contribution in [0.5, 0.6) is 5.75 Å². The molecule has 0 unspecified atom stereocenters. The highest BCUT2D eigenvalue weighted by Gasteiger charge is 2.42. The Labute approximate surface area is 202 Å². The summed E-state index contributed by atoms with van der Waals surface area (Å²) in [6.07, 6.45) is 9.11. The van der Waals surface area contributed by atoms with Crippen LogP contribution in [-0.4, -0.2) is 81.7 Å². The molecule has 4 rings (SSSR count). The molecule has 2 aliphatic rings. The van der Waals surface area contributed by atoms with Gasteiger partial charge in [0.2, 0.25) is 5.91 Å². The topological polar surface area (TPSA) is 70.9 Å². The van der Waals surface area contributed by atoms with Crippen LogP contribution in [0.15, 0.2) is 36.7 Å². The zero-order valence-electron chi connectivity index (χ0n) is 20.7. The largest absolute Gasteiger partial charge is 0.491 e. The summed E-state index contributed by atoms with van der Waals surface area (Å²) in [6.45, 7) is 5.74. The normalized spacial score (nSPS) is 23.0. The van der Waals surface area contributed by atoms with Crippen molar-refractivity contribution in [3.63, 3.8) is 0 Å². The average molecular weight is 468 g/mol. The third-order valence-electron chi connectivity index (χ3n) is 7.25. The quantitative estimate of drug-likeness (QED) is 0.679. The van der Waals surface area contributed by atoms with Crippen molar-refractivity contribution >= 4 is 11.8 Å². The number of carbonyl (C=O) groups excluding carboxylic acids is 2. The van der Waals surface area contributed by atoms with Crippen LogP contribution in [0.3, 0.4) is 0 Å². The van der Waals surface area contributed by atoms with Gasteiger partial charge in [0.05, 0.1) is 18.3 Å². The number of aryl methyl sites for hydroxylation is 1. The van der Waals surface area contributed by atoms with Crippen molar-refractivity contribution in [3.05, 3.63) is 47.8 Å². The van der Waals surface area contributed by atoms with E-state index in [4.69, 9.17) is 4.74 Å². The summed E-state index contributed by atoms with van der Waals surface area (Å²) in [5.41, 5.74) is 1.67. The first-order valence-corrected chi connectivity index (χ1v) is 12.3. The van der Waals surface area contributed by atoms with Gasteiger partial charge in [-0.15, -0.1) is 0 Å². The van der Waals surface area contributed by atoms with E-state index in [-0.39, 0.29) is 17.4 Å². The molecule has 1 aromatic heterocycles. The van der Waals surface area contributed by atoms with Gasteiger partial charge in [0.1, 0.15) is 12.4 Å². The van der Waals surface area contributed by atoms with Gasteiger partial charge in [-0.3, -0.25) is 19.2 Å². The highest BCUT2D eigenvalue weighted by molar-refractivity contribution is 5.96. The smallest absolute Gasteiger partial charge is 0.257 e. The summed E-state index contributed by atoms with van der Waals surface area (Å²) in [6, 6.07) is 7.42. The van der Waals surface area contributed by atoms with E-state index < -0.39 is 0 Å². The van der Waals surface area contributed by atoms with Crippen molar-refractivity contribution in [1.29, 1.82) is 0 Å². The Balaban J connectivity index is 1.62. The number of para-hydroxylation sites is 1. The van der Waals surface area contributed by atoms with Gasteiger partial charge in [0.15, 0.2) is 0 Å². The van der Waals surface area contributed by atoms with Crippen molar-refractivity contribution in [2.45, 2.75) is 51.1 Å². The Bertz CT molecular complexity index is 1010. The molecule has 1 spiro atoms. The monoisotopic (exact) mass is 467 g/mol. The molecule has 1 aromatic carbocycles. The number of benzene rings is 1. The van der Waals surface area contributed by atoms with E-state index >= 15 is 0 Å². The Kier molecular flexibility index (Phi) is 7.56. The molecule has 34 heavy (non-hydrogen) atoms. The van der Waals surface area contributed by atoms with Crippen LogP contribution in [0.1, 0.15) is 54.9 Å². The van der Waals surface area contributed by atoms with Crippen molar-refractivity contribution in [2.24, 2.45) is 7.05 Å². The molecule has 2 aliphatic heterocycles. The molecule has 0 N–H and O–H groups in total. The van der Waals surface area contributed by atoms with E-state index in [0.29, 0.717) is 31.0 Å². The molecule has 0 saturated carbocycles. The van der Waals surface area contributed by atoms with Gasteiger partial charge < -0.3 is 14.5 Å². The summed E-state index contributed by atoms with van der Waals surface area (Å²) in [5.74, 6) is 0.616. The van der Waals surface area contributed by atoms with Crippen molar-refractivity contribution in [2.75, 3.05) is 39.8 Å². The molecule has 3 heterocycles. The van der Waals surface area contributed by atoms with Crippen LogP contribution in [0, 0.1) is 0 Å². The molecule has 0 bridgehead atoms. The fourth-order valence-electron chi connectivity index (χ4n) is 5.49. The molecule has 2 amide bonds. The number of fused-ring (bicyclic) bond motifs is 1. The van der Waals surface area contributed by atoms with Gasteiger partial charge >= 0.3 is 0 Å². The lowest BCUT2D eigenvalue weighted by Crippen LogP contribution is -2.52. The maximum atomic E-state index is 13.5. The summed E-state index contributed by atoms with van der Waals surface area (Å²) in [7, 11) is 3.85. The number of ether oxygens (including phenoxy) is 1. The first-order chi connectivity index (χ1) is 16.4. The summed E-state index contributed by atoms with van der Waals surface area (Å²) < 4.78 is 7.83. The van der Waals surface area contributed by atoms with Crippen molar-refractivity contribution in [1.82, 2.24) is 24.5 Å². The molecule has 8 heteroatoms. The van der Waals surface area contributed by atoms with Gasteiger partial charge in [-0.2, -0.15) is 5.10 Å². The lowest BCUT2D eigenvalue weighted by atomic mass is 9.88. The minimum Gasteiger partial charge on any atom is -0.491 e. The third-order valence-corrected chi connectivity index (χ3v) is 7.25. The number of carbonyl (C=O) groups is 2. The van der Waals surface area contributed by atoms with Gasteiger partial charge in [-0.1, -0.05) is 12.1 Å². The SMILES string of the molecule is CC(=O)N1CCCC[C@@]2(CCCN2Cc2cnn(C)c2)CN(C)C(=O)c2ccccc2OCC1. The Hall–Kier alpha value is -2.87. The predicted molar refractivity (Wildman–Crippen MR) is 131 cm³/mol. The van der Waals surface area contributed by atoms with Gasteiger partial charge in [0.25, 0.3) is 5.91 Å². The Morgan fingerprint density at radius 1 is 1.09 bits per heavy atom. The van der Waals surface area contributed by atoms with Crippen LogP contribution < -0.4 is 4.74 Å². The number of amides is 2. The van der Waals surface area contributed by atoms with Gasteiger partial charge in [-0.05, 0) is 50.8 Å². The zero-order valence-corrected chi connectivity index (χ0v) is 20.7. The average Bonchev–Trinajstić information content (AvgIpc) is 3.40. The number of rotatable bonds is 2. The second-order valence-corrected chi connectivity index (χ2v) is 9.74. The molecule has 8 nitrogen and oxygen atoms in total. The van der Waals surface area contributed by atoms with E-state index in [0.717, 1.165) is 51.7 Å². The second-order valence-electron chi connectivity index (χ2n) is 9.74. The van der Waals surface area contributed by atoms with Crippen LogP contribution in [0.2, 0.25) is 0 Å². The molecular weight excluding hydrogens is 430 g/mol. The molecule has 2 aromatic rings. The minimum absolute atomic E-state index is 0.0244. The van der Waals surface area contributed by atoms with E-state index in [1.165, 1.54) is 5.56 Å². The predicted octanol–water partition coefficient (Wildman–Crippen LogP) is 2.94. The summed E-state index contributed by atoms with van der Waals surface area (Å²) in [4.78, 5) is 32.0. The van der Waals surface area contributed by atoms with E-state index in [2.05, 4.69) is 16.2 Å². The molecule has 0 radical (unpaired) electrons. The number of likely N-dealkylation sites (tertiary alicyclic amines) is 1. The molecule has 1 saturated heterocycles. The summed E-state index contributed by atoms with van der Waals surface area (Å²) >= 11 is 0. The molecular formula is C26H37N5O3. The zero-order chi connectivity index (χ0) is 24.1. The van der Waals surface area contributed by atoms with Crippen molar-refractivity contribution in [3.8, 4) is 5.75 Å². The van der Waals surface area contributed by atoms with Crippen LogP contribution in [0.25, 0.3) is 0 Å². The fraction of sp³-hybridized carbons (Fsp3) is 0.577. The first-order valence-electron chi connectivity index (χ1n) is 12.3. The lowest BCUT2D eigenvalue weighted by molar-refractivity contribution is -0.129. The minimum atomic E-state index is -0.0960. The standard InChI is InChI=1S/C26H37N5O3/c1-21(32)30-13-7-6-11-26(12-8-14-31(26)19-22-17-27-29(3)18-22)20-28(2)25(33)23-9-4-5-10-24(23)34-16-15-30/h4-5,9-10,17-18H,6-8,11-16,19-20H2,1-3H3/t26-/m1/s1. The number of likely N-dealkylation sites (N-methyl/N-ethyl adjacent to an activating group) is 1.